The lowest BCUT2D eigenvalue weighted by molar-refractivity contribution is -0.127. The van der Waals surface area contributed by atoms with Gasteiger partial charge in [0.05, 0.1) is 12.1 Å². The van der Waals surface area contributed by atoms with Crippen molar-refractivity contribution in [2.45, 2.75) is 6.92 Å². The Morgan fingerprint density at radius 2 is 2.29 bits per heavy atom. The van der Waals surface area contributed by atoms with E-state index in [-0.39, 0.29) is 18.0 Å². The Labute approximate surface area is 99.7 Å². The first-order chi connectivity index (χ1) is 8.08. The van der Waals surface area contributed by atoms with Crippen LogP contribution in [0.4, 0.5) is 10.1 Å². The lowest BCUT2D eigenvalue weighted by atomic mass is 10.2. The molecule has 90 valence electrons. The van der Waals surface area contributed by atoms with Crippen LogP contribution in [0.15, 0.2) is 18.2 Å². The van der Waals surface area contributed by atoms with Crippen LogP contribution in [0.1, 0.15) is 12.5 Å². The Morgan fingerprint density at radius 1 is 1.59 bits per heavy atom. The van der Waals surface area contributed by atoms with E-state index in [9.17, 15) is 9.18 Å². The number of nitrogens with one attached hydrogen (secondary N) is 1. The Morgan fingerprint density at radius 3 is 2.88 bits per heavy atom. The van der Waals surface area contributed by atoms with Crippen molar-refractivity contribution in [3.8, 4) is 6.07 Å². The van der Waals surface area contributed by atoms with Crippen LogP contribution in [0.25, 0.3) is 0 Å². The minimum absolute atomic E-state index is 0.0358. The second kappa shape index (κ2) is 5.85. The molecule has 0 unspecified atom stereocenters. The van der Waals surface area contributed by atoms with Crippen molar-refractivity contribution < 1.29 is 9.18 Å². The Hall–Kier alpha value is -2.09. The van der Waals surface area contributed by atoms with E-state index in [1.807, 2.05) is 6.92 Å². The third-order valence-corrected chi connectivity index (χ3v) is 2.43. The minimum Gasteiger partial charge on any atom is -0.376 e. The van der Waals surface area contributed by atoms with Crippen LogP contribution < -0.4 is 5.32 Å². The number of amides is 1. The Bertz CT molecular complexity index is 454. The molecule has 0 radical (unpaired) electrons. The van der Waals surface area contributed by atoms with Crippen LogP contribution in [0, 0.1) is 17.1 Å². The van der Waals surface area contributed by atoms with Gasteiger partial charge >= 0.3 is 0 Å². The quantitative estimate of drug-likeness (QED) is 0.862. The van der Waals surface area contributed by atoms with Gasteiger partial charge in [-0.2, -0.15) is 5.26 Å². The number of nitrogens with zero attached hydrogens (tertiary/aromatic N) is 2. The van der Waals surface area contributed by atoms with Crippen LogP contribution >= 0.6 is 0 Å². The van der Waals surface area contributed by atoms with Gasteiger partial charge in [-0.1, -0.05) is 0 Å². The first-order valence-electron chi connectivity index (χ1n) is 5.26. The number of hydrogen-bond donors (Lipinski definition) is 1. The molecule has 17 heavy (non-hydrogen) atoms. The third kappa shape index (κ3) is 3.45. The molecule has 1 N–H and O–H groups in total. The van der Waals surface area contributed by atoms with E-state index >= 15 is 0 Å². The number of carbonyl (C=O) groups excluding carboxylic acids is 1. The monoisotopic (exact) mass is 235 g/mol. The van der Waals surface area contributed by atoms with Gasteiger partial charge in [0.1, 0.15) is 11.9 Å². The zero-order valence-corrected chi connectivity index (χ0v) is 9.83. The molecule has 0 heterocycles. The number of halogens is 1. The molecule has 5 heteroatoms. The van der Waals surface area contributed by atoms with Gasteiger partial charge < -0.3 is 10.2 Å². The maximum absolute atomic E-state index is 13.0. The van der Waals surface area contributed by atoms with Crippen LogP contribution in [0.3, 0.4) is 0 Å². The molecule has 1 aromatic rings. The fraction of sp³-hybridized carbons (Fsp3) is 0.333. The van der Waals surface area contributed by atoms with Gasteiger partial charge in [0.25, 0.3) is 0 Å². The molecule has 1 aromatic carbocycles. The molecule has 0 saturated carbocycles. The minimum atomic E-state index is -0.560. The number of anilines is 1. The fourth-order valence-corrected chi connectivity index (χ4v) is 1.21. The van der Waals surface area contributed by atoms with Crippen molar-refractivity contribution in [1.29, 1.82) is 5.26 Å². The fourth-order valence-electron chi connectivity index (χ4n) is 1.21. The number of likely N-dealkylation sites (N-methyl/N-ethyl adjacent to an activating group) is 1. The van der Waals surface area contributed by atoms with E-state index in [1.165, 1.54) is 18.2 Å². The average molecular weight is 235 g/mol. The average Bonchev–Trinajstić information content (AvgIpc) is 2.36. The van der Waals surface area contributed by atoms with Crippen molar-refractivity contribution in [2.24, 2.45) is 0 Å². The first kappa shape index (κ1) is 13.0. The molecular formula is C12H14FN3O. The van der Waals surface area contributed by atoms with E-state index in [0.717, 1.165) is 0 Å². The summed E-state index contributed by atoms with van der Waals surface area (Å²) in [4.78, 5) is 13.1. The summed E-state index contributed by atoms with van der Waals surface area (Å²) < 4.78 is 13.0. The number of carbonyl (C=O) groups is 1. The molecule has 0 atom stereocenters. The highest BCUT2D eigenvalue weighted by Crippen LogP contribution is 2.13. The van der Waals surface area contributed by atoms with Gasteiger partial charge in [0.2, 0.25) is 5.91 Å². The molecule has 0 spiro atoms. The summed E-state index contributed by atoms with van der Waals surface area (Å²) in [6, 6.07) is 5.83. The smallest absolute Gasteiger partial charge is 0.241 e. The SMILES string of the molecule is CCN(C)C(=O)CNc1ccc(F)c(C#N)c1. The highest BCUT2D eigenvalue weighted by molar-refractivity contribution is 5.80. The third-order valence-electron chi connectivity index (χ3n) is 2.43. The number of hydrogen-bond acceptors (Lipinski definition) is 3. The topological polar surface area (TPSA) is 56.1 Å². The standard InChI is InChI=1S/C12H14FN3O/c1-3-16(2)12(17)8-15-10-4-5-11(13)9(6-10)7-14/h4-6,15H,3,8H2,1-2H3. The summed E-state index contributed by atoms with van der Waals surface area (Å²) >= 11 is 0. The van der Waals surface area contributed by atoms with E-state index in [2.05, 4.69) is 5.32 Å². The van der Waals surface area contributed by atoms with Gasteiger partial charge in [-0.05, 0) is 25.1 Å². The molecule has 0 fully saturated rings. The summed E-state index contributed by atoms with van der Waals surface area (Å²) in [5, 5.41) is 11.5. The van der Waals surface area contributed by atoms with Crippen molar-refractivity contribution in [1.82, 2.24) is 4.90 Å². The molecule has 1 amide bonds. The molecule has 0 aromatic heterocycles. The van der Waals surface area contributed by atoms with Gasteiger partial charge in [-0.3, -0.25) is 4.79 Å². The molecule has 0 bridgehead atoms. The summed E-state index contributed by atoms with van der Waals surface area (Å²) in [5.74, 6) is -0.620. The maximum atomic E-state index is 13.0. The second-order valence-corrected chi connectivity index (χ2v) is 3.57. The molecule has 1 rings (SSSR count). The van der Waals surface area contributed by atoms with E-state index in [4.69, 9.17) is 5.26 Å². The van der Waals surface area contributed by atoms with Gasteiger partial charge in [-0.25, -0.2) is 4.39 Å². The highest BCUT2D eigenvalue weighted by atomic mass is 19.1. The maximum Gasteiger partial charge on any atom is 0.241 e. The molecule has 4 nitrogen and oxygen atoms in total. The van der Waals surface area contributed by atoms with E-state index < -0.39 is 5.82 Å². The summed E-state index contributed by atoms with van der Waals surface area (Å²) in [5.41, 5.74) is 0.520. The van der Waals surface area contributed by atoms with Gasteiger partial charge in [0.15, 0.2) is 0 Å². The van der Waals surface area contributed by atoms with Gasteiger partial charge in [-0.15, -0.1) is 0 Å². The summed E-state index contributed by atoms with van der Waals surface area (Å²) in [6.07, 6.45) is 0. The Balaban J connectivity index is 2.65. The zero-order valence-electron chi connectivity index (χ0n) is 9.83. The van der Waals surface area contributed by atoms with Crippen LogP contribution in [0.2, 0.25) is 0 Å². The van der Waals surface area contributed by atoms with Crippen molar-refractivity contribution in [2.75, 3.05) is 25.5 Å². The Kier molecular flexibility index (Phi) is 4.46. The lowest BCUT2D eigenvalue weighted by Gasteiger charge is -2.15. The van der Waals surface area contributed by atoms with E-state index in [1.54, 1.807) is 18.0 Å². The molecule has 0 aliphatic carbocycles. The van der Waals surface area contributed by atoms with Gasteiger partial charge in [0, 0.05) is 19.3 Å². The first-order valence-corrected chi connectivity index (χ1v) is 5.26. The van der Waals surface area contributed by atoms with Crippen molar-refractivity contribution >= 4 is 11.6 Å². The normalized spacial score (nSPS) is 9.53. The largest absolute Gasteiger partial charge is 0.376 e. The van der Waals surface area contributed by atoms with E-state index in [0.29, 0.717) is 12.2 Å². The predicted octanol–water partition coefficient (Wildman–Crippen LogP) is 1.59. The van der Waals surface area contributed by atoms with Crippen LogP contribution in [-0.4, -0.2) is 30.9 Å². The molecule has 0 saturated heterocycles. The lowest BCUT2D eigenvalue weighted by Crippen LogP contribution is -2.31. The van der Waals surface area contributed by atoms with Crippen LogP contribution in [-0.2, 0) is 4.79 Å². The highest BCUT2D eigenvalue weighted by Gasteiger charge is 2.07. The predicted molar refractivity (Wildman–Crippen MR) is 62.9 cm³/mol. The number of nitriles is 1. The molecular weight excluding hydrogens is 221 g/mol. The molecule has 0 aliphatic rings. The van der Waals surface area contributed by atoms with Crippen molar-refractivity contribution in [3.63, 3.8) is 0 Å². The molecule has 0 aliphatic heterocycles. The number of rotatable bonds is 4. The second-order valence-electron chi connectivity index (χ2n) is 3.57. The summed E-state index contributed by atoms with van der Waals surface area (Å²) in [7, 11) is 1.70. The van der Waals surface area contributed by atoms with Crippen molar-refractivity contribution in [3.05, 3.63) is 29.6 Å². The summed E-state index contributed by atoms with van der Waals surface area (Å²) in [6.45, 7) is 2.64. The number of benzene rings is 1. The zero-order chi connectivity index (χ0) is 12.8. The van der Waals surface area contributed by atoms with Crippen LogP contribution in [0.5, 0.6) is 0 Å².